The summed E-state index contributed by atoms with van der Waals surface area (Å²) in [5.41, 5.74) is 0.567. The third-order valence-corrected chi connectivity index (χ3v) is 8.22. The van der Waals surface area contributed by atoms with Crippen LogP contribution >= 0.6 is 11.6 Å². The maximum atomic E-state index is 13.5. The molecule has 224 valence electrons. The van der Waals surface area contributed by atoms with Gasteiger partial charge in [0.05, 0.1) is 18.6 Å². The van der Waals surface area contributed by atoms with Crippen LogP contribution in [0.2, 0.25) is 5.02 Å². The normalized spacial score (nSPS) is 20.6. The van der Waals surface area contributed by atoms with E-state index in [9.17, 15) is 22.8 Å². The van der Waals surface area contributed by atoms with Gasteiger partial charge in [0.1, 0.15) is 18.0 Å². The quantitative estimate of drug-likeness (QED) is 0.458. The molecule has 2 heterocycles. The summed E-state index contributed by atoms with van der Waals surface area (Å²) in [6, 6.07) is 9.02. The molecule has 41 heavy (non-hydrogen) atoms. The van der Waals surface area contributed by atoms with Crippen molar-refractivity contribution in [2.75, 3.05) is 39.4 Å². The molecule has 0 aromatic heterocycles. The number of carbonyl (C=O) groups excluding carboxylic acids is 2. The van der Waals surface area contributed by atoms with Crippen LogP contribution in [0.3, 0.4) is 0 Å². The minimum absolute atomic E-state index is 0.0408. The summed E-state index contributed by atoms with van der Waals surface area (Å²) in [7, 11) is 0. The number of alkyl halides is 3. The molecular formula is C30H37ClF3N3O4. The van der Waals surface area contributed by atoms with Crippen molar-refractivity contribution in [3.05, 3.63) is 63.7 Å². The van der Waals surface area contributed by atoms with Gasteiger partial charge in [-0.05, 0) is 61.6 Å². The number of aryl methyl sites for hydroxylation is 2. The summed E-state index contributed by atoms with van der Waals surface area (Å²) >= 11 is 6.32. The van der Waals surface area contributed by atoms with Crippen molar-refractivity contribution in [1.29, 1.82) is 0 Å². The standard InChI is InChI=1S/C30H37ClF3N3O4/c1-20-13-26(14-21(2)28(20)31)40-19-29(16-27(39)37-9-7-25(8-10-37)35-22(3)38)18-36(11-12-41-29)17-23-5-4-6-24(15-23)30(32,33)34/h4-6,13-15,25H,7-12,16-19H2,1-3H3,(H,35,38)/t29-/m1/s1. The minimum atomic E-state index is -4.42. The van der Waals surface area contributed by atoms with Crippen LogP contribution in [0.5, 0.6) is 5.75 Å². The topological polar surface area (TPSA) is 71.1 Å². The molecule has 4 rings (SSSR count). The predicted octanol–water partition coefficient (Wildman–Crippen LogP) is 5.14. The Balaban J connectivity index is 1.50. The number of benzene rings is 2. The van der Waals surface area contributed by atoms with Crippen LogP contribution in [0.15, 0.2) is 36.4 Å². The lowest BCUT2D eigenvalue weighted by atomic mass is 9.95. The third-order valence-electron chi connectivity index (χ3n) is 7.63. The molecule has 2 aromatic carbocycles. The van der Waals surface area contributed by atoms with E-state index >= 15 is 0 Å². The maximum absolute atomic E-state index is 13.5. The van der Waals surface area contributed by atoms with Crippen molar-refractivity contribution in [3.8, 4) is 5.75 Å². The molecule has 1 atom stereocenters. The number of rotatable bonds is 8. The van der Waals surface area contributed by atoms with E-state index in [0.717, 1.165) is 23.3 Å². The van der Waals surface area contributed by atoms with Gasteiger partial charge in [-0.3, -0.25) is 14.5 Å². The van der Waals surface area contributed by atoms with Gasteiger partial charge in [-0.1, -0.05) is 29.8 Å². The van der Waals surface area contributed by atoms with Gasteiger partial charge < -0.3 is 19.7 Å². The molecule has 2 aromatic rings. The molecule has 2 amide bonds. The molecule has 0 spiro atoms. The molecule has 0 radical (unpaired) electrons. The minimum Gasteiger partial charge on any atom is -0.490 e. The lowest BCUT2D eigenvalue weighted by molar-refractivity contribution is -0.157. The number of carbonyl (C=O) groups is 2. The van der Waals surface area contributed by atoms with E-state index in [1.165, 1.54) is 13.0 Å². The number of halogens is 4. The van der Waals surface area contributed by atoms with Gasteiger partial charge in [-0.25, -0.2) is 0 Å². The van der Waals surface area contributed by atoms with E-state index in [1.807, 2.05) is 30.9 Å². The Bertz CT molecular complexity index is 1230. The molecule has 0 bridgehead atoms. The predicted molar refractivity (Wildman–Crippen MR) is 150 cm³/mol. The molecule has 0 saturated carbocycles. The Morgan fingerprint density at radius 1 is 1.12 bits per heavy atom. The Morgan fingerprint density at radius 2 is 1.80 bits per heavy atom. The summed E-state index contributed by atoms with van der Waals surface area (Å²) in [4.78, 5) is 28.7. The summed E-state index contributed by atoms with van der Waals surface area (Å²) in [5.74, 6) is 0.431. The fraction of sp³-hybridized carbons (Fsp3) is 0.533. The zero-order valence-electron chi connectivity index (χ0n) is 23.7. The Morgan fingerprint density at radius 3 is 2.44 bits per heavy atom. The fourth-order valence-electron chi connectivity index (χ4n) is 5.56. The largest absolute Gasteiger partial charge is 0.490 e. The van der Waals surface area contributed by atoms with E-state index in [0.29, 0.717) is 62.0 Å². The molecule has 1 N–H and O–H groups in total. The Hall–Kier alpha value is -2.82. The van der Waals surface area contributed by atoms with Crippen LogP contribution in [0.25, 0.3) is 0 Å². The number of hydrogen-bond acceptors (Lipinski definition) is 5. The number of hydrogen-bond donors (Lipinski definition) is 1. The molecule has 2 fully saturated rings. The van der Waals surface area contributed by atoms with Crippen molar-refractivity contribution in [2.24, 2.45) is 0 Å². The number of amides is 2. The lowest BCUT2D eigenvalue weighted by Gasteiger charge is -2.43. The van der Waals surface area contributed by atoms with Gasteiger partial charge >= 0.3 is 6.18 Å². The summed E-state index contributed by atoms with van der Waals surface area (Å²) in [6.45, 7) is 7.78. The second kappa shape index (κ2) is 13.0. The zero-order valence-corrected chi connectivity index (χ0v) is 24.4. The summed E-state index contributed by atoms with van der Waals surface area (Å²) < 4.78 is 52.4. The molecule has 2 aliphatic rings. The molecule has 0 aliphatic carbocycles. The van der Waals surface area contributed by atoms with E-state index in [4.69, 9.17) is 21.1 Å². The number of piperidine rings is 1. The molecule has 2 saturated heterocycles. The Labute approximate surface area is 243 Å². The third kappa shape index (κ3) is 8.36. The van der Waals surface area contributed by atoms with Gasteiger partial charge in [-0.15, -0.1) is 0 Å². The first-order valence-electron chi connectivity index (χ1n) is 13.8. The zero-order chi connectivity index (χ0) is 29.8. The fourth-order valence-corrected chi connectivity index (χ4v) is 5.67. The number of nitrogens with one attached hydrogen (secondary N) is 1. The van der Waals surface area contributed by atoms with Crippen LogP contribution in [0.1, 0.15) is 48.4 Å². The highest BCUT2D eigenvalue weighted by atomic mass is 35.5. The molecule has 7 nitrogen and oxygen atoms in total. The van der Waals surface area contributed by atoms with Gasteiger partial charge in [-0.2, -0.15) is 13.2 Å². The SMILES string of the molecule is CC(=O)NC1CCN(C(=O)C[C@]2(COc3cc(C)c(Cl)c(C)c3)CN(Cc3cccc(C(F)(F)F)c3)CCO2)CC1. The van der Waals surface area contributed by atoms with Crippen molar-refractivity contribution in [1.82, 2.24) is 15.1 Å². The van der Waals surface area contributed by atoms with Crippen LogP contribution in [0, 0.1) is 13.8 Å². The van der Waals surface area contributed by atoms with E-state index in [-0.39, 0.29) is 37.4 Å². The maximum Gasteiger partial charge on any atom is 0.416 e. The number of likely N-dealkylation sites (tertiary alicyclic amines) is 1. The van der Waals surface area contributed by atoms with Crippen molar-refractivity contribution in [3.63, 3.8) is 0 Å². The van der Waals surface area contributed by atoms with Crippen LogP contribution < -0.4 is 10.1 Å². The van der Waals surface area contributed by atoms with Crippen LogP contribution in [-0.4, -0.2) is 72.6 Å². The first-order chi connectivity index (χ1) is 19.3. The van der Waals surface area contributed by atoms with Crippen LogP contribution in [0.4, 0.5) is 13.2 Å². The first kappa shape index (κ1) is 31.1. The number of ether oxygens (including phenoxy) is 2. The van der Waals surface area contributed by atoms with E-state index in [2.05, 4.69) is 5.32 Å². The highest BCUT2D eigenvalue weighted by Crippen LogP contribution is 2.32. The van der Waals surface area contributed by atoms with Crippen molar-refractivity contribution >= 4 is 23.4 Å². The number of nitrogens with zero attached hydrogens (tertiary/aromatic N) is 2. The van der Waals surface area contributed by atoms with Crippen LogP contribution in [-0.2, 0) is 27.0 Å². The van der Waals surface area contributed by atoms with Gasteiger partial charge in [0.25, 0.3) is 0 Å². The van der Waals surface area contributed by atoms with E-state index < -0.39 is 17.3 Å². The molecule has 0 unspecified atom stereocenters. The van der Waals surface area contributed by atoms with Gasteiger partial charge in [0.2, 0.25) is 11.8 Å². The molecule has 11 heteroatoms. The Kier molecular flexibility index (Phi) is 9.87. The second-order valence-electron chi connectivity index (χ2n) is 11.1. The number of morpholine rings is 1. The summed E-state index contributed by atoms with van der Waals surface area (Å²) in [5, 5.41) is 3.57. The highest BCUT2D eigenvalue weighted by Gasteiger charge is 2.41. The van der Waals surface area contributed by atoms with E-state index in [1.54, 1.807) is 11.0 Å². The average Bonchev–Trinajstić information content (AvgIpc) is 2.90. The van der Waals surface area contributed by atoms with Gasteiger partial charge in [0.15, 0.2) is 0 Å². The van der Waals surface area contributed by atoms with Gasteiger partial charge in [0, 0.05) is 50.7 Å². The molecule has 2 aliphatic heterocycles. The smallest absolute Gasteiger partial charge is 0.416 e. The first-order valence-corrected chi connectivity index (χ1v) is 14.2. The lowest BCUT2D eigenvalue weighted by Crippen LogP contribution is -2.57. The van der Waals surface area contributed by atoms with Crippen molar-refractivity contribution in [2.45, 2.75) is 64.4 Å². The monoisotopic (exact) mass is 595 g/mol. The molecular weight excluding hydrogens is 559 g/mol. The second-order valence-corrected chi connectivity index (χ2v) is 11.5. The average molecular weight is 596 g/mol. The summed E-state index contributed by atoms with van der Waals surface area (Å²) in [6.07, 6.45) is -3.03. The highest BCUT2D eigenvalue weighted by molar-refractivity contribution is 6.32. The van der Waals surface area contributed by atoms with Crippen molar-refractivity contribution < 1.29 is 32.2 Å².